The number of amides is 3. The Balaban J connectivity index is 1.68. The highest BCUT2D eigenvalue weighted by Crippen LogP contribution is 2.34. The number of fused-ring (bicyclic) bond motifs is 1. The molecule has 1 aliphatic rings. The number of urea groups is 1. The zero-order chi connectivity index (χ0) is 20.3. The average Bonchev–Trinajstić information content (AvgIpc) is 2.67. The minimum atomic E-state index is -0.216. The van der Waals surface area contributed by atoms with Gasteiger partial charge < -0.3 is 19.9 Å². The molecule has 0 bridgehead atoms. The van der Waals surface area contributed by atoms with Crippen LogP contribution in [-0.2, 0) is 11.2 Å². The molecular weight excluding hydrogens is 356 g/mol. The van der Waals surface area contributed by atoms with Gasteiger partial charge in [0, 0.05) is 43.6 Å². The van der Waals surface area contributed by atoms with E-state index in [1.54, 1.807) is 41.2 Å². The lowest BCUT2D eigenvalue weighted by atomic mass is 10.1. The lowest BCUT2D eigenvalue weighted by Gasteiger charge is -2.29. The number of nitrogens with zero attached hydrogens (tertiary/aromatic N) is 3. The molecule has 1 aliphatic heterocycles. The van der Waals surface area contributed by atoms with Gasteiger partial charge in [-0.2, -0.15) is 0 Å². The van der Waals surface area contributed by atoms with Crippen LogP contribution in [0, 0.1) is 6.92 Å². The maximum Gasteiger partial charge on any atom is 0.321 e. The fourth-order valence-corrected chi connectivity index (χ4v) is 3.19. The van der Waals surface area contributed by atoms with Crippen LogP contribution in [0.2, 0.25) is 0 Å². The summed E-state index contributed by atoms with van der Waals surface area (Å²) in [7, 11) is 1.76. The van der Waals surface area contributed by atoms with Crippen molar-refractivity contribution < 1.29 is 14.3 Å². The Labute approximate surface area is 165 Å². The smallest absolute Gasteiger partial charge is 0.321 e. The van der Waals surface area contributed by atoms with Gasteiger partial charge in [0.05, 0.1) is 5.69 Å². The van der Waals surface area contributed by atoms with E-state index in [0.29, 0.717) is 30.1 Å². The standard InChI is InChI=1S/C21H26N4O3/c1-5-25-18-12-16(6-7-19(18)28-13-20(25)26)23-21(27)24(4)15(3)11-17-10-14(2)8-9-22-17/h6-10,12,15H,5,11,13H2,1-4H3,(H,23,27)/t15-/m1/s1. The first-order valence-corrected chi connectivity index (χ1v) is 9.41. The number of hydrogen-bond donors (Lipinski definition) is 1. The molecule has 0 saturated carbocycles. The van der Waals surface area contributed by atoms with Crippen molar-refractivity contribution in [2.24, 2.45) is 0 Å². The van der Waals surface area contributed by atoms with Crippen LogP contribution >= 0.6 is 0 Å². The molecule has 0 aliphatic carbocycles. The Hall–Kier alpha value is -3.09. The summed E-state index contributed by atoms with van der Waals surface area (Å²) >= 11 is 0. The van der Waals surface area contributed by atoms with Crippen LogP contribution in [0.5, 0.6) is 5.75 Å². The molecule has 148 valence electrons. The highest BCUT2D eigenvalue weighted by molar-refractivity contribution is 5.99. The third-order valence-corrected chi connectivity index (χ3v) is 4.93. The molecule has 7 nitrogen and oxygen atoms in total. The van der Waals surface area contributed by atoms with Gasteiger partial charge in [-0.1, -0.05) is 0 Å². The highest BCUT2D eigenvalue weighted by Gasteiger charge is 2.25. The number of rotatable bonds is 5. The van der Waals surface area contributed by atoms with Crippen molar-refractivity contribution in [1.29, 1.82) is 0 Å². The Morgan fingerprint density at radius 1 is 1.36 bits per heavy atom. The second kappa shape index (κ2) is 8.29. The molecule has 0 saturated heterocycles. The molecule has 0 fully saturated rings. The molecule has 1 atom stereocenters. The van der Waals surface area contributed by atoms with E-state index in [9.17, 15) is 9.59 Å². The monoisotopic (exact) mass is 382 g/mol. The summed E-state index contributed by atoms with van der Waals surface area (Å²) in [5.41, 5.74) is 3.40. The molecule has 3 amide bonds. The van der Waals surface area contributed by atoms with Crippen molar-refractivity contribution in [3.8, 4) is 5.75 Å². The van der Waals surface area contributed by atoms with Gasteiger partial charge in [-0.3, -0.25) is 9.78 Å². The summed E-state index contributed by atoms with van der Waals surface area (Å²) in [6, 6.07) is 9.07. The minimum absolute atomic E-state index is 0.0241. The first kappa shape index (κ1) is 19.7. The molecule has 0 unspecified atom stereocenters. The van der Waals surface area contributed by atoms with Crippen molar-refractivity contribution in [3.05, 3.63) is 47.8 Å². The largest absolute Gasteiger partial charge is 0.482 e. The van der Waals surface area contributed by atoms with Crippen LogP contribution in [0.1, 0.15) is 25.1 Å². The average molecular weight is 382 g/mol. The number of anilines is 2. The summed E-state index contributed by atoms with van der Waals surface area (Å²) in [4.78, 5) is 32.4. The normalized spacial score (nSPS) is 14.1. The number of aromatic nitrogens is 1. The quantitative estimate of drug-likeness (QED) is 0.862. The number of pyridine rings is 1. The first-order valence-electron chi connectivity index (χ1n) is 9.41. The second-order valence-corrected chi connectivity index (χ2v) is 7.03. The SMILES string of the molecule is CCN1C(=O)COc2ccc(NC(=O)N(C)[C@H](C)Cc3cc(C)ccn3)cc21. The molecule has 1 aromatic heterocycles. The Morgan fingerprint density at radius 3 is 2.86 bits per heavy atom. The number of hydrogen-bond acceptors (Lipinski definition) is 4. The van der Waals surface area contributed by atoms with E-state index in [4.69, 9.17) is 4.74 Å². The third-order valence-electron chi connectivity index (χ3n) is 4.93. The van der Waals surface area contributed by atoms with E-state index >= 15 is 0 Å². The van der Waals surface area contributed by atoms with E-state index in [1.807, 2.05) is 32.9 Å². The first-order chi connectivity index (χ1) is 13.4. The van der Waals surface area contributed by atoms with Crippen LogP contribution in [-0.4, -0.2) is 48.1 Å². The molecule has 1 aromatic carbocycles. The Morgan fingerprint density at radius 2 is 2.14 bits per heavy atom. The van der Waals surface area contributed by atoms with Gasteiger partial charge in [0.15, 0.2) is 6.61 Å². The molecule has 28 heavy (non-hydrogen) atoms. The molecule has 0 spiro atoms. The molecular formula is C21H26N4O3. The van der Waals surface area contributed by atoms with E-state index in [0.717, 1.165) is 11.3 Å². The van der Waals surface area contributed by atoms with Crippen molar-refractivity contribution >= 4 is 23.3 Å². The van der Waals surface area contributed by atoms with Crippen LogP contribution in [0.3, 0.4) is 0 Å². The van der Waals surface area contributed by atoms with Crippen LogP contribution in [0.25, 0.3) is 0 Å². The highest BCUT2D eigenvalue weighted by atomic mass is 16.5. The maximum atomic E-state index is 12.7. The number of carbonyl (C=O) groups excluding carboxylic acids is 2. The zero-order valence-corrected chi connectivity index (χ0v) is 16.7. The fraction of sp³-hybridized carbons (Fsp3) is 0.381. The summed E-state index contributed by atoms with van der Waals surface area (Å²) < 4.78 is 5.47. The minimum Gasteiger partial charge on any atom is -0.482 e. The van der Waals surface area contributed by atoms with Crippen molar-refractivity contribution in [1.82, 2.24) is 9.88 Å². The second-order valence-electron chi connectivity index (χ2n) is 7.03. The van der Waals surface area contributed by atoms with E-state index in [1.165, 1.54) is 0 Å². The van der Waals surface area contributed by atoms with Gasteiger partial charge in [-0.05, 0) is 56.7 Å². The molecule has 2 heterocycles. The lowest BCUT2D eigenvalue weighted by Crippen LogP contribution is -2.40. The van der Waals surface area contributed by atoms with Crippen molar-refractivity contribution in [2.45, 2.75) is 33.2 Å². The number of aryl methyl sites for hydroxylation is 1. The van der Waals surface area contributed by atoms with Crippen LogP contribution in [0.4, 0.5) is 16.2 Å². The maximum absolute atomic E-state index is 12.7. The molecule has 2 aromatic rings. The number of ether oxygens (including phenoxy) is 1. The van der Waals surface area contributed by atoms with Crippen molar-refractivity contribution in [3.63, 3.8) is 0 Å². The van der Waals surface area contributed by atoms with Gasteiger partial charge >= 0.3 is 6.03 Å². The summed E-state index contributed by atoms with van der Waals surface area (Å²) in [5.74, 6) is 0.557. The number of nitrogens with one attached hydrogen (secondary N) is 1. The fourth-order valence-electron chi connectivity index (χ4n) is 3.19. The summed E-state index contributed by atoms with van der Waals surface area (Å²) in [6.45, 7) is 6.51. The number of benzene rings is 1. The molecule has 7 heteroatoms. The predicted molar refractivity (Wildman–Crippen MR) is 109 cm³/mol. The number of likely N-dealkylation sites (N-methyl/N-ethyl adjacent to an activating group) is 2. The van der Waals surface area contributed by atoms with Crippen molar-refractivity contribution in [2.75, 3.05) is 30.4 Å². The van der Waals surface area contributed by atoms with E-state index < -0.39 is 0 Å². The van der Waals surface area contributed by atoms with Gasteiger partial charge in [0.25, 0.3) is 5.91 Å². The van der Waals surface area contributed by atoms with E-state index in [2.05, 4.69) is 10.3 Å². The third kappa shape index (κ3) is 4.24. The molecule has 1 N–H and O–H groups in total. The van der Waals surface area contributed by atoms with Gasteiger partial charge in [0.2, 0.25) is 0 Å². The Bertz CT molecular complexity index is 884. The lowest BCUT2D eigenvalue weighted by molar-refractivity contribution is -0.121. The zero-order valence-electron chi connectivity index (χ0n) is 16.7. The van der Waals surface area contributed by atoms with Gasteiger partial charge in [-0.25, -0.2) is 4.79 Å². The number of carbonyl (C=O) groups is 2. The van der Waals surface area contributed by atoms with Gasteiger partial charge in [0.1, 0.15) is 5.75 Å². The topological polar surface area (TPSA) is 74.8 Å². The summed E-state index contributed by atoms with van der Waals surface area (Å²) in [6.07, 6.45) is 2.45. The Kier molecular flexibility index (Phi) is 5.82. The molecule has 0 radical (unpaired) electrons. The molecule has 3 rings (SSSR count). The predicted octanol–water partition coefficient (Wildman–Crippen LogP) is 3.23. The van der Waals surface area contributed by atoms with Crippen LogP contribution in [0.15, 0.2) is 36.5 Å². The van der Waals surface area contributed by atoms with Gasteiger partial charge in [-0.15, -0.1) is 0 Å². The van der Waals surface area contributed by atoms with Crippen LogP contribution < -0.4 is 15.0 Å². The summed E-state index contributed by atoms with van der Waals surface area (Å²) in [5, 5.41) is 2.90. The van der Waals surface area contributed by atoms with E-state index in [-0.39, 0.29) is 24.6 Å².